The number of rotatable bonds is 4. The van der Waals surface area contributed by atoms with Crippen LogP contribution in [0, 0.1) is 5.82 Å². The molecule has 2 rings (SSSR count). The Kier molecular flexibility index (Phi) is 3.82. The lowest BCUT2D eigenvalue weighted by molar-refractivity contribution is 0.0656. The van der Waals surface area contributed by atoms with Crippen LogP contribution >= 0.6 is 11.6 Å². The fourth-order valence-corrected chi connectivity index (χ4v) is 3.09. The summed E-state index contributed by atoms with van der Waals surface area (Å²) in [4.78, 5) is 10.6. The Bertz CT molecular complexity index is 766. The van der Waals surface area contributed by atoms with Gasteiger partial charge >= 0.3 is 5.97 Å². The number of sulfone groups is 1. The highest BCUT2D eigenvalue weighted by Gasteiger charge is 2.23. The molecule has 0 unspecified atom stereocenters. The molecule has 0 aliphatic heterocycles. The first-order valence-electron chi connectivity index (χ1n) is 5.30. The maximum absolute atomic E-state index is 13.2. The van der Waals surface area contributed by atoms with Crippen molar-refractivity contribution < 1.29 is 27.1 Å². The Morgan fingerprint density at radius 1 is 1.30 bits per heavy atom. The van der Waals surface area contributed by atoms with E-state index in [1.54, 1.807) is 0 Å². The minimum absolute atomic E-state index is 0.0694. The van der Waals surface area contributed by atoms with Gasteiger partial charge in [0.1, 0.15) is 5.82 Å². The van der Waals surface area contributed by atoms with Gasteiger partial charge in [0.05, 0.1) is 10.8 Å². The van der Waals surface area contributed by atoms with E-state index < -0.39 is 38.2 Å². The van der Waals surface area contributed by atoms with Crippen molar-refractivity contribution >= 4 is 27.4 Å². The second-order valence-corrected chi connectivity index (χ2v) is 6.19. The number of carboxylic acid groups (broad SMARTS) is 1. The molecule has 1 N–H and O–H groups in total. The third-order valence-corrected chi connectivity index (χ3v) is 4.42. The largest absolute Gasteiger partial charge is 0.475 e. The highest BCUT2D eigenvalue weighted by molar-refractivity contribution is 7.90. The molecule has 0 aliphatic carbocycles. The zero-order chi connectivity index (χ0) is 14.9. The summed E-state index contributed by atoms with van der Waals surface area (Å²) in [7, 11) is -3.95. The summed E-state index contributed by atoms with van der Waals surface area (Å²) in [5.74, 6) is -3.19. The smallest absolute Gasteiger partial charge is 0.371 e. The number of carbonyl (C=O) groups is 1. The highest BCUT2D eigenvalue weighted by atomic mass is 35.5. The normalized spacial score (nSPS) is 11.5. The Morgan fingerprint density at radius 3 is 2.60 bits per heavy atom. The van der Waals surface area contributed by atoms with E-state index in [-0.39, 0.29) is 10.6 Å². The minimum Gasteiger partial charge on any atom is -0.475 e. The van der Waals surface area contributed by atoms with E-state index in [1.807, 2.05) is 0 Å². The minimum atomic E-state index is -3.95. The van der Waals surface area contributed by atoms with E-state index in [1.165, 1.54) is 12.1 Å². The molecule has 0 saturated carbocycles. The summed E-state index contributed by atoms with van der Waals surface area (Å²) >= 11 is 5.68. The topological polar surface area (TPSA) is 84.6 Å². The average molecular weight is 319 g/mol. The number of hydrogen-bond donors (Lipinski definition) is 1. The van der Waals surface area contributed by atoms with E-state index >= 15 is 0 Å². The van der Waals surface area contributed by atoms with Gasteiger partial charge in [0.2, 0.25) is 20.7 Å². The van der Waals surface area contributed by atoms with Crippen molar-refractivity contribution in [2.75, 3.05) is 0 Å². The van der Waals surface area contributed by atoms with Crippen LogP contribution in [-0.2, 0) is 15.6 Å². The molecular weight excluding hydrogens is 311 g/mol. The Morgan fingerprint density at radius 2 is 2.00 bits per heavy atom. The van der Waals surface area contributed by atoms with Crippen LogP contribution in [0.5, 0.6) is 0 Å². The van der Waals surface area contributed by atoms with Gasteiger partial charge in [-0.25, -0.2) is 17.6 Å². The zero-order valence-electron chi connectivity index (χ0n) is 9.84. The Hall–Kier alpha value is -1.86. The molecule has 0 aliphatic rings. The van der Waals surface area contributed by atoms with Crippen molar-refractivity contribution in [3.8, 4) is 0 Å². The summed E-state index contributed by atoms with van der Waals surface area (Å²) in [6.45, 7) is 0. The summed E-state index contributed by atoms with van der Waals surface area (Å²) in [5.41, 5.74) is 0.0694. The van der Waals surface area contributed by atoms with Gasteiger partial charge in [-0.3, -0.25) is 0 Å². The molecule has 0 atom stereocenters. The van der Waals surface area contributed by atoms with Crippen LogP contribution in [0.15, 0.2) is 39.8 Å². The monoisotopic (exact) mass is 318 g/mol. The number of furan rings is 1. The van der Waals surface area contributed by atoms with Crippen LogP contribution in [0.4, 0.5) is 4.39 Å². The molecule has 0 spiro atoms. The van der Waals surface area contributed by atoms with E-state index in [2.05, 4.69) is 0 Å². The van der Waals surface area contributed by atoms with Gasteiger partial charge in [-0.1, -0.05) is 23.7 Å². The first-order valence-corrected chi connectivity index (χ1v) is 7.33. The second kappa shape index (κ2) is 5.26. The van der Waals surface area contributed by atoms with Gasteiger partial charge in [0, 0.05) is 0 Å². The van der Waals surface area contributed by atoms with Gasteiger partial charge in [0.25, 0.3) is 0 Å². The number of benzene rings is 1. The third-order valence-electron chi connectivity index (χ3n) is 2.48. The summed E-state index contributed by atoms with van der Waals surface area (Å²) in [5, 5.41) is 7.88. The quantitative estimate of drug-likeness (QED) is 0.937. The van der Waals surface area contributed by atoms with Crippen LogP contribution in [0.3, 0.4) is 0 Å². The molecule has 20 heavy (non-hydrogen) atoms. The van der Waals surface area contributed by atoms with Crippen molar-refractivity contribution in [3.05, 3.63) is 52.5 Å². The van der Waals surface area contributed by atoms with E-state index in [9.17, 15) is 17.6 Å². The van der Waals surface area contributed by atoms with Crippen molar-refractivity contribution in [2.24, 2.45) is 0 Å². The molecular formula is C12H8ClFO5S. The molecule has 0 radical (unpaired) electrons. The van der Waals surface area contributed by atoms with Gasteiger partial charge in [-0.15, -0.1) is 0 Å². The van der Waals surface area contributed by atoms with Crippen LogP contribution < -0.4 is 0 Å². The molecule has 106 valence electrons. The van der Waals surface area contributed by atoms with Crippen LogP contribution in [0.1, 0.15) is 16.1 Å². The standard InChI is InChI=1S/C12H8ClFO5S/c13-11-7(2-1-3-8(11)14)6-20(17,18)10-5-4-9(19-10)12(15)16/h1-5H,6H2,(H,15,16). The van der Waals surface area contributed by atoms with Crippen molar-refractivity contribution in [3.63, 3.8) is 0 Å². The van der Waals surface area contributed by atoms with E-state index in [0.717, 1.165) is 18.2 Å². The van der Waals surface area contributed by atoms with Crippen LogP contribution in [0.25, 0.3) is 0 Å². The zero-order valence-corrected chi connectivity index (χ0v) is 11.4. The lowest BCUT2D eigenvalue weighted by Crippen LogP contribution is -2.05. The van der Waals surface area contributed by atoms with Crippen molar-refractivity contribution in [1.82, 2.24) is 0 Å². The number of hydrogen-bond acceptors (Lipinski definition) is 4. The molecule has 1 aromatic carbocycles. The van der Waals surface area contributed by atoms with Gasteiger partial charge in [0.15, 0.2) is 0 Å². The molecule has 0 saturated heterocycles. The van der Waals surface area contributed by atoms with Gasteiger partial charge in [-0.2, -0.15) is 0 Å². The SMILES string of the molecule is O=C(O)c1ccc(S(=O)(=O)Cc2cccc(F)c2Cl)o1. The predicted octanol–water partition coefficient (Wildman–Crippen LogP) is 2.74. The second-order valence-electron chi connectivity index (χ2n) is 3.90. The lowest BCUT2D eigenvalue weighted by atomic mass is 10.2. The number of carboxylic acids is 1. The van der Waals surface area contributed by atoms with Crippen LogP contribution in [-0.4, -0.2) is 19.5 Å². The molecule has 8 heteroatoms. The first-order chi connectivity index (χ1) is 9.31. The van der Waals surface area contributed by atoms with Crippen LogP contribution in [0.2, 0.25) is 5.02 Å². The molecule has 0 bridgehead atoms. The van der Waals surface area contributed by atoms with Crippen molar-refractivity contribution in [1.29, 1.82) is 0 Å². The highest BCUT2D eigenvalue weighted by Crippen LogP contribution is 2.25. The number of halogens is 2. The molecule has 1 heterocycles. The maximum Gasteiger partial charge on any atom is 0.371 e. The first kappa shape index (κ1) is 14.5. The lowest BCUT2D eigenvalue weighted by Gasteiger charge is -2.04. The Labute approximate surface area is 118 Å². The third kappa shape index (κ3) is 2.83. The van der Waals surface area contributed by atoms with Gasteiger partial charge < -0.3 is 9.52 Å². The molecule has 5 nitrogen and oxygen atoms in total. The average Bonchev–Trinajstić information content (AvgIpc) is 2.85. The fourth-order valence-electron chi connectivity index (χ4n) is 1.54. The van der Waals surface area contributed by atoms with E-state index in [0.29, 0.717) is 0 Å². The summed E-state index contributed by atoms with van der Waals surface area (Å²) in [6.07, 6.45) is 0. The summed E-state index contributed by atoms with van der Waals surface area (Å²) < 4.78 is 42.0. The fraction of sp³-hybridized carbons (Fsp3) is 0.0833. The van der Waals surface area contributed by atoms with Gasteiger partial charge in [-0.05, 0) is 23.8 Å². The maximum atomic E-state index is 13.2. The Balaban J connectivity index is 2.35. The number of aromatic carboxylic acids is 1. The molecule has 1 aromatic heterocycles. The van der Waals surface area contributed by atoms with Crippen molar-refractivity contribution in [2.45, 2.75) is 10.8 Å². The molecule has 2 aromatic rings. The molecule has 0 fully saturated rings. The predicted molar refractivity (Wildman–Crippen MR) is 68.0 cm³/mol. The van der Waals surface area contributed by atoms with E-state index in [4.69, 9.17) is 21.1 Å². The molecule has 0 amide bonds. The summed E-state index contributed by atoms with van der Waals surface area (Å²) in [6, 6.07) is 5.86.